The summed E-state index contributed by atoms with van der Waals surface area (Å²) in [5.41, 5.74) is 12.9. The van der Waals surface area contributed by atoms with Crippen molar-refractivity contribution in [3.05, 3.63) is 53.9 Å². The van der Waals surface area contributed by atoms with E-state index in [-0.39, 0.29) is 36.5 Å². The summed E-state index contributed by atoms with van der Waals surface area (Å²) < 4.78 is 5.05. The molecule has 1 aromatic carbocycles. The number of alkyl carbamates (subject to hydrolysis) is 1. The maximum absolute atomic E-state index is 11.6. The number of aliphatic hydroxyl groups excluding tert-OH is 2. The fourth-order valence-corrected chi connectivity index (χ4v) is 2.20. The van der Waals surface area contributed by atoms with Crippen LogP contribution in [0.2, 0.25) is 0 Å². The molecule has 2 rings (SSSR count). The average molecular weight is 346 g/mol. The molecule has 134 valence electrons. The second-order valence-electron chi connectivity index (χ2n) is 5.52. The molecule has 7 N–H and O–H groups in total. The topological polar surface area (TPSA) is 144 Å². The number of aliphatic hydroxyl groups is 2. The Balaban J connectivity index is 1.75. The molecule has 0 saturated heterocycles. The van der Waals surface area contributed by atoms with Gasteiger partial charge in [-0.05, 0) is 12.0 Å². The van der Waals surface area contributed by atoms with Gasteiger partial charge in [0.1, 0.15) is 12.7 Å². The largest absolute Gasteiger partial charge is 0.445 e. The normalized spacial score (nSPS) is 13.0. The highest BCUT2D eigenvalue weighted by Crippen LogP contribution is 2.27. The number of carbonyl (C=O) groups excluding carboxylic acids is 1. The molecular formula is C17H22N4O4. The lowest BCUT2D eigenvalue weighted by Gasteiger charge is -2.20. The Morgan fingerprint density at radius 3 is 2.64 bits per heavy atom. The van der Waals surface area contributed by atoms with Crippen LogP contribution in [0.4, 0.5) is 16.2 Å². The predicted molar refractivity (Wildman–Crippen MR) is 93.3 cm³/mol. The number of rotatable bonds is 7. The number of ether oxygens (including phenoxy) is 1. The van der Waals surface area contributed by atoms with Crippen molar-refractivity contribution in [2.75, 3.05) is 18.0 Å². The van der Waals surface area contributed by atoms with E-state index in [9.17, 15) is 15.0 Å². The number of hydrogen-bond acceptors (Lipinski definition) is 7. The van der Waals surface area contributed by atoms with Crippen LogP contribution in [-0.2, 0) is 11.3 Å². The Morgan fingerprint density at radius 1 is 1.20 bits per heavy atom. The summed E-state index contributed by atoms with van der Waals surface area (Å²) >= 11 is 0. The van der Waals surface area contributed by atoms with E-state index in [2.05, 4.69) is 10.3 Å². The van der Waals surface area contributed by atoms with E-state index in [1.807, 2.05) is 30.3 Å². The average Bonchev–Trinajstić information content (AvgIpc) is 2.62. The van der Waals surface area contributed by atoms with Gasteiger partial charge in [-0.3, -0.25) is 4.98 Å². The Bertz CT molecular complexity index is 696. The third-order valence-electron chi connectivity index (χ3n) is 3.65. The van der Waals surface area contributed by atoms with Gasteiger partial charge in [0.25, 0.3) is 0 Å². The van der Waals surface area contributed by atoms with Crippen molar-refractivity contribution in [1.82, 2.24) is 10.3 Å². The van der Waals surface area contributed by atoms with Gasteiger partial charge in [0.05, 0.1) is 23.7 Å². The van der Waals surface area contributed by atoms with Gasteiger partial charge in [-0.2, -0.15) is 0 Å². The first kappa shape index (κ1) is 18.5. The highest BCUT2D eigenvalue weighted by atomic mass is 16.5. The van der Waals surface area contributed by atoms with Crippen LogP contribution in [0.3, 0.4) is 0 Å². The number of benzene rings is 1. The van der Waals surface area contributed by atoms with Gasteiger partial charge in [0.2, 0.25) is 0 Å². The minimum absolute atomic E-state index is 0.107. The van der Waals surface area contributed by atoms with Crippen molar-refractivity contribution >= 4 is 17.5 Å². The molecule has 1 aromatic heterocycles. The number of nitrogens with two attached hydrogens (primary N) is 2. The van der Waals surface area contributed by atoms with Crippen LogP contribution < -0.4 is 16.8 Å². The van der Waals surface area contributed by atoms with Crippen LogP contribution in [0, 0.1) is 0 Å². The maximum atomic E-state index is 11.6. The first-order chi connectivity index (χ1) is 12.0. The van der Waals surface area contributed by atoms with Gasteiger partial charge in [-0.1, -0.05) is 30.3 Å². The zero-order valence-corrected chi connectivity index (χ0v) is 13.6. The number of anilines is 2. The SMILES string of the molecule is Nc1cncc(C(O)C(O)CCNC(=O)OCc2ccccc2)c1N. The van der Waals surface area contributed by atoms with Crippen LogP contribution in [0.5, 0.6) is 0 Å². The summed E-state index contributed by atoms with van der Waals surface area (Å²) in [6.07, 6.45) is -0.173. The number of carbonyl (C=O) groups is 1. The Morgan fingerprint density at radius 2 is 1.92 bits per heavy atom. The first-order valence-electron chi connectivity index (χ1n) is 7.78. The highest BCUT2D eigenvalue weighted by Gasteiger charge is 2.21. The van der Waals surface area contributed by atoms with Gasteiger partial charge >= 0.3 is 6.09 Å². The Hall–Kier alpha value is -2.84. The molecule has 0 radical (unpaired) electrons. The number of pyridine rings is 1. The molecule has 8 nitrogen and oxygen atoms in total. The monoisotopic (exact) mass is 346 g/mol. The molecule has 0 spiro atoms. The molecular weight excluding hydrogens is 324 g/mol. The van der Waals surface area contributed by atoms with E-state index in [4.69, 9.17) is 16.2 Å². The van der Waals surface area contributed by atoms with Crippen molar-refractivity contribution in [1.29, 1.82) is 0 Å². The van der Waals surface area contributed by atoms with E-state index < -0.39 is 18.3 Å². The van der Waals surface area contributed by atoms with Gasteiger partial charge in [-0.15, -0.1) is 0 Å². The van der Waals surface area contributed by atoms with E-state index in [1.54, 1.807) is 0 Å². The number of amides is 1. The number of nitrogens with one attached hydrogen (secondary N) is 1. The molecule has 1 heterocycles. The molecule has 0 aliphatic carbocycles. The number of nitrogen functional groups attached to an aromatic ring is 2. The molecule has 8 heteroatoms. The van der Waals surface area contributed by atoms with Crippen molar-refractivity contribution in [2.45, 2.75) is 25.2 Å². The third-order valence-corrected chi connectivity index (χ3v) is 3.65. The number of nitrogens with zero attached hydrogens (tertiary/aromatic N) is 1. The lowest BCUT2D eigenvalue weighted by molar-refractivity contribution is 0.0139. The highest BCUT2D eigenvalue weighted by molar-refractivity contribution is 5.67. The van der Waals surface area contributed by atoms with E-state index in [0.717, 1.165) is 5.56 Å². The van der Waals surface area contributed by atoms with Crippen molar-refractivity contribution in [3.8, 4) is 0 Å². The summed E-state index contributed by atoms with van der Waals surface area (Å²) in [5.74, 6) is 0. The van der Waals surface area contributed by atoms with Gasteiger partial charge in [0.15, 0.2) is 0 Å². The zero-order valence-electron chi connectivity index (χ0n) is 13.6. The van der Waals surface area contributed by atoms with Crippen LogP contribution in [0.1, 0.15) is 23.7 Å². The lowest BCUT2D eigenvalue weighted by atomic mass is 10.0. The van der Waals surface area contributed by atoms with Crippen molar-refractivity contribution in [3.63, 3.8) is 0 Å². The minimum atomic E-state index is -1.25. The maximum Gasteiger partial charge on any atom is 0.407 e. The predicted octanol–water partition coefficient (Wildman–Crippen LogP) is 0.957. The smallest absolute Gasteiger partial charge is 0.407 e. The second kappa shape index (κ2) is 8.86. The van der Waals surface area contributed by atoms with Crippen molar-refractivity contribution in [2.24, 2.45) is 0 Å². The minimum Gasteiger partial charge on any atom is -0.445 e. The number of hydrogen-bond donors (Lipinski definition) is 5. The molecule has 0 aliphatic rings. The van der Waals surface area contributed by atoms with Crippen LogP contribution >= 0.6 is 0 Å². The zero-order chi connectivity index (χ0) is 18.2. The fourth-order valence-electron chi connectivity index (χ4n) is 2.20. The summed E-state index contributed by atoms with van der Waals surface area (Å²) in [6.45, 7) is 0.283. The summed E-state index contributed by atoms with van der Waals surface area (Å²) in [5, 5.41) is 22.7. The fraction of sp³-hybridized carbons (Fsp3) is 0.294. The van der Waals surface area contributed by atoms with Gasteiger partial charge in [-0.25, -0.2) is 4.79 Å². The van der Waals surface area contributed by atoms with Crippen LogP contribution in [0.25, 0.3) is 0 Å². The quantitative estimate of drug-likeness (QED) is 0.502. The second-order valence-corrected chi connectivity index (χ2v) is 5.52. The Labute approximate surface area is 145 Å². The molecule has 0 aliphatic heterocycles. The third kappa shape index (κ3) is 5.33. The molecule has 2 atom stereocenters. The molecule has 2 unspecified atom stereocenters. The standard InChI is InChI=1S/C17H22N4O4/c18-13-9-20-8-12(15(13)19)16(23)14(22)6-7-21-17(24)25-10-11-4-2-1-3-5-11/h1-5,8-9,14,16,22-23H,6-7,10,18H2,(H2,19,20)(H,21,24). The molecule has 2 aromatic rings. The first-order valence-corrected chi connectivity index (χ1v) is 7.78. The van der Waals surface area contributed by atoms with Crippen LogP contribution in [0.15, 0.2) is 42.7 Å². The van der Waals surface area contributed by atoms with Crippen LogP contribution in [-0.4, -0.2) is 33.9 Å². The number of aromatic nitrogens is 1. The summed E-state index contributed by atoms with van der Waals surface area (Å²) in [7, 11) is 0. The van der Waals surface area contributed by atoms with E-state index in [1.165, 1.54) is 12.4 Å². The van der Waals surface area contributed by atoms with Gasteiger partial charge in [0, 0.05) is 18.3 Å². The van der Waals surface area contributed by atoms with Gasteiger partial charge < -0.3 is 31.7 Å². The molecule has 0 saturated carbocycles. The van der Waals surface area contributed by atoms with E-state index in [0.29, 0.717) is 0 Å². The molecule has 0 bridgehead atoms. The lowest BCUT2D eigenvalue weighted by Crippen LogP contribution is -2.30. The summed E-state index contributed by atoms with van der Waals surface area (Å²) in [4.78, 5) is 15.5. The Kier molecular flexibility index (Phi) is 6.55. The summed E-state index contributed by atoms with van der Waals surface area (Å²) in [6, 6.07) is 9.27. The van der Waals surface area contributed by atoms with E-state index >= 15 is 0 Å². The molecule has 0 fully saturated rings. The van der Waals surface area contributed by atoms with Crippen molar-refractivity contribution < 1.29 is 19.7 Å². The molecule has 25 heavy (non-hydrogen) atoms. The molecule has 1 amide bonds.